The third-order valence-corrected chi connectivity index (χ3v) is 7.68. The minimum absolute atomic E-state index is 0. The number of piperazine rings is 1. The molecule has 2 heterocycles. The SMILES string of the molecule is CN(C)C(=O)CN=C(NCCCN1CCOCC1)N1CCN(C2CC3CCC2C3)CC1.I. The number of carbonyl (C=O) groups excluding carboxylic acids is 1. The van der Waals surface area contributed by atoms with Gasteiger partial charge in [-0.1, -0.05) is 6.42 Å². The molecular weight excluding hydrogens is 519 g/mol. The highest BCUT2D eigenvalue weighted by Crippen LogP contribution is 2.46. The van der Waals surface area contributed by atoms with Crippen molar-refractivity contribution in [3.8, 4) is 0 Å². The molecule has 1 amide bonds. The number of amides is 1. The number of halogens is 1. The molecule has 3 unspecified atom stereocenters. The molecule has 2 aliphatic heterocycles. The van der Waals surface area contributed by atoms with Crippen molar-refractivity contribution in [2.75, 3.05) is 86.2 Å². The quantitative estimate of drug-likeness (QED) is 0.218. The monoisotopic (exact) mass is 562 g/mol. The van der Waals surface area contributed by atoms with Gasteiger partial charge in [-0.15, -0.1) is 24.0 Å². The van der Waals surface area contributed by atoms with Gasteiger partial charge in [0.15, 0.2) is 5.96 Å². The summed E-state index contributed by atoms with van der Waals surface area (Å²) in [7, 11) is 3.59. The maximum atomic E-state index is 12.1. The average Bonchev–Trinajstić information content (AvgIpc) is 3.43. The average molecular weight is 563 g/mol. The Bertz CT molecular complexity index is 620. The van der Waals surface area contributed by atoms with Gasteiger partial charge < -0.3 is 19.9 Å². The zero-order chi connectivity index (χ0) is 21.6. The molecule has 8 nitrogen and oxygen atoms in total. The second-order valence-electron chi connectivity index (χ2n) is 9.93. The molecule has 0 aromatic carbocycles. The van der Waals surface area contributed by atoms with E-state index in [0.717, 1.165) is 95.8 Å². The van der Waals surface area contributed by atoms with E-state index in [4.69, 9.17) is 9.73 Å². The van der Waals surface area contributed by atoms with Crippen LogP contribution in [-0.2, 0) is 9.53 Å². The Hall–Kier alpha value is -0.650. The number of carbonyl (C=O) groups is 1. The Morgan fingerprint density at radius 2 is 1.81 bits per heavy atom. The van der Waals surface area contributed by atoms with Crippen LogP contribution < -0.4 is 5.32 Å². The lowest BCUT2D eigenvalue weighted by atomic mass is 9.93. The fraction of sp³-hybridized carbons (Fsp3) is 0.913. The molecule has 0 spiro atoms. The van der Waals surface area contributed by atoms with Gasteiger partial charge in [0.25, 0.3) is 0 Å². The first-order valence-electron chi connectivity index (χ1n) is 12.4. The fourth-order valence-electron chi connectivity index (χ4n) is 5.80. The first-order chi connectivity index (χ1) is 15.1. The molecule has 4 fully saturated rings. The molecule has 4 rings (SSSR count). The van der Waals surface area contributed by atoms with Crippen molar-refractivity contribution in [3.05, 3.63) is 0 Å². The Morgan fingerprint density at radius 3 is 2.44 bits per heavy atom. The van der Waals surface area contributed by atoms with Gasteiger partial charge in [-0.2, -0.15) is 0 Å². The smallest absolute Gasteiger partial charge is 0.243 e. The predicted octanol–water partition coefficient (Wildman–Crippen LogP) is 1.17. The number of aliphatic imine (C=N–C) groups is 1. The van der Waals surface area contributed by atoms with Gasteiger partial charge in [0.1, 0.15) is 6.54 Å². The normalized spacial score (nSPS) is 29.1. The molecule has 3 atom stereocenters. The van der Waals surface area contributed by atoms with Crippen molar-refractivity contribution in [2.45, 2.75) is 38.1 Å². The van der Waals surface area contributed by atoms with E-state index < -0.39 is 0 Å². The largest absolute Gasteiger partial charge is 0.379 e. The number of likely N-dealkylation sites (N-methyl/N-ethyl adjacent to an activating group) is 1. The number of rotatable bonds is 7. The highest BCUT2D eigenvalue weighted by molar-refractivity contribution is 14.0. The molecule has 0 radical (unpaired) electrons. The molecule has 2 aliphatic carbocycles. The van der Waals surface area contributed by atoms with E-state index in [1.54, 1.807) is 19.0 Å². The summed E-state index contributed by atoms with van der Waals surface area (Å²) in [6, 6.07) is 0.818. The van der Waals surface area contributed by atoms with Gasteiger partial charge in [-0.25, -0.2) is 4.99 Å². The van der Waals surface area contributed by atoms with E-state index in [-0.39, 0.29) is 36.4 Å². The highest BCUT2D eigenvalue weighted by atomic mass is 127. The molecular formula is C23H43IN6O2. The van der Waals surface area contributed by atoms with Crippen molar-refractivity contribution in [2.24, 2.45) is 16.8 Å². The number of nitrogens with one attached hydrogen (secondary N) is 1. The Kier molecular flexibility index (Phi) is 10.3. The van der Waals surface area contributed by atoms with Gasteiger partial charge in [0, 0.05) is 66.0 Å². The summed E-state index contributed by atoms with van der Waals surface area (Å²) in [5, 5.41) is 3.56. The van der Waals surface area contributed by atoms with Gasteiger partial charge in [-0.3, -0.25) is 14.6 Å². The number of hydrogen-bond donors (Lipinski definition) is 1. The lowest BCUT2D eigenvalue weighted by Gasteiger charge is -2.42. The maximum absolute atomic E-state index is 12.1. The topological polar surface area (TPSA) is 63.7 Å². The molecule has 4 aliphatic rings. The van der Waals surface area contributed by atoms with Crippen LogP contribution in [0, 0.1) is 11.8 Å². The van der Waals surface area contributed by atoms with E-state index in [1.807, 2.05) is 0 Å². The van der Waals surface area contributed by atoms with Crippen molar-refractivity contribution < 1.29 is 9.53 Å². The number of fused-ring (bicyclic) bond motifs is 2. The summed E-state index contributed by atoms with van der Waals surface area (Å²) >= 11 is 0. The van der Waals surface area contributed by atoms with Crippen molar-refractivity contribution in [3.63, 3.8) is 0 Å². The second kappa shape index (κ2) is 12.7. The number of nitrogens with zero attached hydrogens (tertiary/aromatic N) is 5. The Labute approximate surface area is 211 Å². The van der Waals surface area contributed by atoms with Crippen LogP contribution in [0.3, 0.4) is 0 Å². The third kappa shape index (κ3) is 6.93. The first-order valence-corrected chi connectivity index (χ1v) is 12.4. The predicted molar refractivity (Wildman–Crippen MR) is 139 cm³/mol. The molecule has 2 saturated carbocycles. The molecule has 9 heteroatoms. The first kappa shape index (κ1) is 26.0. The lowest BCUT2D eigenvalue weighted by molar-refractivity contribution is -0.127. The minimum Gasteiger partial charge on any atom is -0.379 e. The zero-order valence-electron chi connectivity index (χ0n) is 20.0. The molecule has 32 heavy (non-hydrogen) atoms. The summed E-state index contributed by atoms with van der Waals surface area (Å²) < 4.78 is 5.44. The van der Waals surface area contributed by atoms with Crippen molar-refractivity contribution in [1.29, 1.82) is 0 Å². The number of guanidine groups is 1. The van der Waals surface area contributed by atoms with Gasteiger partial charge >= 0.3 is 0 Å². The van der Waals surface area contributed by atoms with Gasteiger partial charge in [0.2, 0.25) is 5.91 Å². The molecule has 1 N–H and O–H groups in total. The maximum Gasteiger partial charge on any atom is 0.243 e. The Morgan fingerprint density at radius 1 is 1.06 bits per heavy atom. The molecule has 2 saturated heterocycles. The zero-order valence-corrected chi connectivity index (χ0v) is 22.3. The Balaban J connectivity index is 0.00000289. The van der Waals surface area contributed by atoms with E-state index in [9.17, 15) is 4.79 Å². The van der Waals surface area contributed by atoms with Gasteiger partial charge in [0.05, 0.1) is 13.2 Å². The summed E-state index contributed by atoms with van der Waals surface area (Å²) in [6.07, 6.45) is 6.87. The number of morpholine rings is 1. The molecule has 2 bridgehead atoms. The molecule has 0 aromatic rings. The molecule has 184 valence electrons. The molecule has 0 aromatic heterocycles. The van der Waals surface area contributed by atoms with E-state index >= 15 is 0 Å². The van der Waals surface area contributed by atoms with Gasteiger partial charge in [-0.05, 0) is 44.1 Å². The highest BCUT2D eigenvalue weighted by Gasteiger charge is 2.42. The van der Waals surface area contributed by atoms with Crippen LogP contribution in [0.15, 0.2) is 4.99 Å². The van der Waals surface area contributed by atoms with Crippen LogP contribution in [0.25, 0.3) is 0 Å². The van der Waals surface area contributed by atoms with Crippen LogP contribution in [0.2, 0.25) is 0 Å². The van der Waals surface area contributed by atoms with Crippen molar-refractivity contribution in [1.82, 2.24) is 24.9 Å². The number of ether oxygens (including phenoxy) is 1. The third-order valence-electron chi connectivity index (χ3n) is 7.68. The lowest BCUT2D eigenvalue weighted by Crippen LogP contribution is -2.55. The van der Waals surface area contributed by atoms with Crippen LogP contribution >= 0.6 is 24.0 Å². The summed E-state index contributed by atoms with van der Waals surface area (Å²) in [5.41, 5.74) is 0. The summed E-state index contributed by atoms with van der Waals surface area (Å²) in [5.74, 6) is 2.90. The summed E-state index contributed by atoms with van der Waals surface area (Å²) in [6.45, 7) is 10.2. The number of hydrogen-bond acceptors (Lipinski definition) is 5. The van der Waals surface area contributed by atoms with E-state index in [2.05, 4.69) is 20.0 Å². The van der Waals surface area contributed by atoms with Crippen LogP contribution in [0.4, 0.5) is 0 Å². The van der Waals surface area contributed by atoms with Crippen LogP contribution in [0.5, 0.6) is 0 Å². The van der Waals surface area contributed by atoms with E-state index in [0.29, 0.717) is 0 Å². The fourth-order valence-corrected chi connectivity index (χ4v) is 5.80. The second-order valence-corrected chi connectivity index (χ2v) is 9.93. The van der Waals surface area contributed by atoms with E-state index in [1.165, 1.54) is 25.7 Å². The van der Waals surface area contributed by atoms with Crippen LogP contribution in [0.1, 0.15) is 32.1 Å². The van der Waals surface area contributed by atoms with Crippen LogP contribution in [-0.4, -0.2) is 124 Å². The summed E-state index contributed by atoms with van der Waals surface area (Å²) in [4.78, 5) is 26.0. The minimum atomic E-state index is 0. The standard InChI is InChI=1S/C23H42N6O2.HI/c1-26(2)22(30)18-25-23(24-6-3-7-27-12-14-31-15-13-27)29-10-8-28(9-11-29)21-17-19-4-5-20(21)16-19;/h19-21H,3-18H2,1-2H3,(H,24,25);1H. The van der Waals surface area contributed by atoms with Crippen molar-refractivity contribution >= 4 is 35.8 Å².